The molecule has 1 atom stereocenters. The zero-order valence-corrected chi connectivity index (χ0v) is 14.6. The van der Waals surface area contributed by atoms with E-state index in [4.69, 9.17) is 0 Å². The van der Waals surface area contributed by atoms with Crippen molar-refractivity contribution < 1.29 is 4.79 Å². The summed E-state index contributed by atoms with van der Waals surface area (Å²) in [5.41, 5.74) is 3.26. The molecular weight excluding hydrogens is 310 g/mol. The molecule has 1 aliphatic heterocycles. The van der Waals surface area contributed by atoms with Crippen molar-refractivity contribution in [2.24, 2.45) is 0 Å². The normalized spacial score (nSPS) is 16.2. The molecule has 0 spiro atoms. The van der Waals surface area contributed by atoms with Crippen molar-refractivity contribution in [3.05, 3.63) is 71.3 Å². The highest BCUT2D eigenvalue weighted by atomic mass is 16.2. The third-order valence-corrected chi connectivity index (χ3v) is 4.75. The van der Waals surface area contributed by atoms with E-state index >= 15 is 0 Å². The lowest BCUT2D eigenvalue weighted by Crippen LogP contribution is -2.49. The Labute approximate surface area is 149 Å². The van der Waals surface area contributed by atoms with Crippen LogP contribution < -0.4 is 0 Å². The molecule has 1 aliphatic rings. The number of benzene rings is 2. The number of carbonyl (C=O) groups is 1. The summed E-state index contributed by atoms with van der Waals surface area (Å²) in [6.45, 7) is 4.85. The van der Waals surface area contributed by atoms with E-state index in [2.05, 4.69) is 11.0 Å². The quantitative estimate of drug-likeness (QED) is 0.864. The van der Waals surface area contributed by atoms with E-state index in [0.717, 1.165) is 24.2 Å². The summed E-state index contributed by atoms with van der Waals surface area (Å²) in [5.74, 6) is 0.162. The lowest BCUT2D eigenvalue weighted by atomic mass is 10.0. The lowest BCUT2D eigenvalue weighted by molar-refractivity contribution is -0.132. The van der Waals surface area contributed by atoms with E-state index in [-0.39, 0.29) is 11.9 Å². The average molecular weight is 333 g/mol. The Hall–Kier alpha value is -2.64. The average Bonchev–Trinajstić information content (AvgIpc) is 2.65. The van der Waals surface area contributed by atoms with Gasteiger partial charge in [-0.2, -0.15) is 5.26 Å². The zero-order chi connectivity index (χ0) is 17.6. The highest BCUT2D eigenvalue weighted by molar-refractivity contribution is 5.78. The van der Waals surface area contributed by atoms with Gasteiger partial charge in [-0.1, -0.05) is 60.2 Å². The molecule has 0 bridgehead atoms. The van der Waals surface area contributed by atoms with E-state index in [1.165, 1.54) is 5.56 Å². The van der Waals surface area contributed by atoms with Crippen LogP contribution in [0.4, 0.5) is 0 Å². The van der Waals surface area contributed by atoms with Gasteiger partial charge in [0, 0.05) is 26.2 Å². The van der Waals surface area contributed by atoms with Gasteiger partial charge in [0.15, 0.2) is 0 Å². The Balaban J connectivity index is 1.58. The first-order chi connectivity index (χ1) is 12.2. The van der Waals surface area contributed by atoms with Crippen molar-refractivity contribution in [3.63, 3.8) is 0 Å². The third-order valence-electron chi connectivity index (χ3n) is 4.75. The molecule has 3 rings (SSSR count). The summed E-state index contributed by atoms with van der Waals surface area (Å²) in [4.78, 5) is 16.5. The van der Waals surface area contributed by atoms with Gasteiger partial charge < -0.3 is 4.90 Å². The monoisotopic (exact) mass is 333 g/mol. The van der Waals surface area contributed by atoms with Gasteiger partial charge in [-0.3, -0.25) is 9.69 Å². The molecule has 4 heteroatoms. The summed E-state index contributed by atoms with van der Waals surface area (Å²) in [5, 5.41) is 9.60. The third kappa shape index (κ3) is 4.26. The van der Waals surface area contributed by atoms with Crippen LogP contribution in [0, 0.1) is 18.3 Å². The summed E-state index contributed by atoms with van der Waals surface area (Å²) in [6.07, 6.45) is 0.445. The van der Waals surface area contributed by atoms with Gasteiger partial charge in [0.05, 0.1) is 12.5 Å². The number of piperazine rings is 1. The number of carbonyl (C=O) groups excluding carboxylic acids is 1. The van der Waals surface area contributed by atoms with Crippen molar-refractivity contribution in [1.29, 1.82) is 5.26 Å². The maximum Gasteiger partial charge on any atom is 0.227 e. The molecule has 25 heavy (non-hydrogen) atoms. The minimum Gasteiger partial charge on any atom is -0.340 e. The molecule has 0 radical (unpaired) electrons. The molecule has 1 heterocycles. The molecule has 1 unspecified atom stereocenters. The van der Waals surface area contributed by atoms with Crippen LogP contribution in [0.2, 0.25) is 0 Å². The van der Waals surface area contributed by atoms with E-state index in [1.54, 1.807) is 0 Å². The maximum absolute atomic E-state index is 12.5. The first-order valence-electron chi connectivity index (χ1n) is 8.69. The molecule has 1 saturated heterocycles. The van der Waals surface area contributed by atoms with Crippen LogP contribution in [0.3, 0.4) is 0 Å². The van der Waals surface area contributed by atoms with Gasteiger partial charge in [0.25, 0.3) is 0 Å². The lowest BCUT2D eigenvalue weighted by Gasteiger charge is -2.37. The largest absolute Gasteiger partial charge is 0.340 e. The van der Waals surface area contributed by atoms with Gasteiger partial charge >= 0.3 is 0 Å². The first kappa shape index (κ1) is 17.2. The maximum atomic E-state index is 12.5. The van der Waals surface area contributed by atoms with Crippen LogP contribution >= 0.6 is 0 Å². The topological polar surface area (TPSA) is 47.3 Å². The van der Waals surface area contributed by atoms with E-state index in [9.17, 15) is 10.1 Å². The van der Waals surface area contributed by atoms with Crippen molar-refractivity contribution in [2.75, 3.05) is 26.2 Å². The molecule has 4 nitrogen and oxygen atoms in total. The second kappa shape index (κ2) is 7.96. The highest BCUT2D eigenvalue weighted by Gasteiger charge is 2.26. The Bertz CT molecular complexity index is 741. The predicted octanol–water partition coefficient (Wildman–Crippen LogP) is 2.95. The van der Waals surface area contributed by atoms with E-state index in [1.807, 2.05) is 66.4 Å². The molecule has 0 N–H and O–H groups in total. The molecular formula is C21H23N3O. The Morgan fingerprint density at radius 2 is 1.68 bits per heavy atom. The molecule has 0 aliphatic carbocycles. The number of nitriles is 1. The van der Waals surface area contributed by atoms with Crippen molar-refractivity contribution in [2.45, 2.75) is 19.4 Å². The van der Waals surface area contributed by atoms with Crippen molar-refractivity contribution in [3.8, 4) is 6.07 Å². The van der Waals surface area contributed by atoms with Gasteiger partial charge in [-0.25, -0.2) is 0 Å². The molecule has 0 saturated carbocycles. The molecule has 1 fully saturated rings. The standard InChI is InChI=1S/C21H23N3O/c1-17-7-9-19(10-8-17)20(16-22)23-11-13-24(14-12-23)21(25)15-18-5-3-2-4-6-18/h2-10,20H,11-15H2,1H3. The van der Waals surface area contributed by atoms with Gasteiger partial charge in [0.2, 0.25) is 5.91 Å². The van der Waals surface area contributed by atoms with Gasteiger partial charge in [-0.05, 0) is 18.1 Å². The SMILES string of the molecule is Cc1ccc(C(C#N)N2CCN(C(=O)Cc3ccccc3)CC2)cc1. The fraction of sp³-hybridized carbons (Fsp3) is 0.333. The fourth-order valence-corrected chi connectivity index (χ4v) is 3.23. The van der Waals surface area contributed by atoms with Crippen LogP contribution in [-0.4, -0.2) is 41.9 Å². The Morgan fingerprint density at radius 1 is 1.04 bits per heavy atom. The van der Waals surface area contributed by atoms with Crippen LogP contribution in [0.15, 0.2) is 54.6 Å². The number of hydrogen-bond acceptors (Lipinski definition) is 3. The molecule has 2 aromatic carbocycles. The summed E-state index contributed by atoms with van der Waals surface area (Å²) in [6, 6.07) is 20.1. The number of hydrogen-bond donors (Lipinski definition) is 0. The number of rotatable bonds is 4. The van der Waals surface area contributed by atoms with Gasteiger partial charge in [-0.15, -0.1) is 0 Å². The minimum atomic E-state index is -0.244. The summed E-state index contributed by atoms with van der Waals surface area (Å²) >= 11 is 0. The van der Waals surface area contributed by atoms with E-state index < -0.39 is 0 Å². The Morgan fingerprint density at radius 3 is 2.28 bits per heavy atom. The van der Waals surface area contributed by atoms with Crippen LogP contribution in [-0.2, 0) is 11.2 Å². The molecule has 128 valence electrons. The van der Waals surface area contributed by atoms with Gasteiger partial charge in [0.1, 0.15) is 6.04 Å². The second-order valence-corrected chi connectivity index (χ2v) is 6.52. The smallest absolute Gasteiger partial charge is 0.227 e. The highest BCUT2D eigenvalue weighted by Crippen LogP contribution is 2.22. The van der Waals surface area contributed by atoms with Crippen LogP contribution in [0.1, 0.15) is 22.7 Å². The second-order valence-electron chi connectivity index (χ2n) is 6.52. The van der Waals surface area contributed by atoms with Crippen LogP contribution in [0.5, 0.6) is 0 Å². The van der Waals surface area contributed by atoms with Crippen molar-refractivity contribution >= 4 is 5.91 Å². The molecule has 0 aromatic heterocycles. The fourth-order valence-electron chi connectivity index (χ4n) is 3.23. The first-order valence-corrected chi connectivity index (χ1v) is 8.69. The summed E-state index contributed by atoms with van der Waals surface area (Å²) < 4.78 is 0. The summed E-state index contributed by atoms with van der Waals surface area (Å²) in [7, 11) is 0. The number of nitrogens with zero attached hydrogens (tertiary/aromatic N) is 3. The predicted molar refractivity (Wildman–Crippen MR) is 97.8 cm³/mol. The number of aryl methyl sites for hydroxylation is 1. The minimum absolute atomic E-state index is 0.162. The zero-order valence-electron chi connectivity index (χ0n) is 14.6. The Kier molecular flexibility index (Phi) is 5.47. The van der Waals surface area contributed by atoms with Crippen molar-refractivity contribution in [1.82, 2.24) is 9.80 Å². The number of amides is 1. The molecule has 1 amide bonds. The van der Waals surface area contributed by atoms with E-state index in [0.29, 0.717) is 19.5 Å². The molecule has 2 aromatic rings. The van der Waals surface area contributed by atoms with Crippen LogP contribution in [0.25, 0.3) is 0 Å².